The van der Waals surface area contributed by atoms with Crippen LogP contribution in [0.25, 0.3) is 0 Å². The van der Waals surface area contributed by atoms with Crippen LogP contribution in [0.5, 0.6) is 5.75 Å². The van der Waals surface area contributed by atoms with Crippen molar-refractivity contribution in [3.05, 3.63) is 95.0 Å². The van der Waals surface area contributed by atoms with Gasteiger partial charge in [0.25, 0.3) is 0 Å². The Morgan fingerprint density at radius 3 is 2.09 bits per heavy atom. The first-order valence-corrected chi connectivity index (χ1v) is 11.4. The number of carbonyl (C=O) groups excluding carboxylic acids is 1. The van der Waals surface area contributed by atoms with Gasteiger partial charge in [0.1, 0.15) is 17.2 Å². The van der Waals surface area contributed by atoms with Crippen LogP contribution < -0.4 is 15.8 Å². The molecule has 1 amide bonds. The lowest BCUT2D eigenvalue weighted by molar-refractivity contribution is -0.274. The Hall–Kier alpha value is -3.08. The van der Waals surface area contributed by atoms with E-state index in [9.17, 15) is 26.4 Å². The average molecular weight is 499 g/mol. The van der Waals surface area contributed by atoms with Gasteiger partial charge in [0.2, 0.25) is 5.91 Å². The summed E-state index contributed by atoms with van der Waals surface area (Å²) < 4.78 is 70.3. The van der Waals surface area contributed by atoms with Gasteiger partial charge in [-0.05, 0) is 35.9 Å². The summed E-state index contributed by atoms with van der Waals surface area (Å²) >= 11 is 5.85. The summed E-state index contributed by atoms with van der Waals surface area (Å²) in [5.74, 6) is -1.66. The van der Waals surface area contributed by atoms with Crippen molar-refractivity contribution in [3.63, 3.8) is 0 Å². The summed E-state index contributed by atoms with van der Waals surface area (Å²) in [6, 6.07) is 16.5. The zero-order valence-electron chi connectivity index (χ0n) is 16.8. The van der Waals surface area contributed by atoms with Crippen LogP contribution in [-0.4, -0.2) is 20.7 Å². The van der Waals surface area contributed by atoms with Gasteiger partial charge in [-0.2, -0.15) is 0 Å². The molecule has 0 aromatic heterocycles. The predicted molar refractivity (Wildman–Crippen MR) is 116 cm³/mol. The SMILES string of the molecule is NC(=O)C(N[C@@H](c1ccccc1OC(F)(F)F)S(=O)(=O)c1ccc(Cl)cc1)c1ccccc1. The number of amides is 1. The monoisotopic (exact) mass is 498 g/mol. The van der Waals surface area contributed by atoms with Crippen LogP contribution in [-0.2, 0) is 14.6 Å². The molecule has 2 atom stereocenters. The topological polar surface area (TPSA) is 98.5 Å². The second-order valence-electron chi connectivity index (χ2n) is 6.88. The van der Waals surface area contributed by atoms with E-state index in [2.05, 4.69) is 10.1 Å². The maximum absolute atomic E-state index is 13.6. The van der Waals surface area contributed by atoms with Crippen LogP contribution in [0, 0.1) is 0 Å². The van der Waals surface area contributed by atoms with Gasteiger partial charge >= 0.3 is 6.36 Å². The Bertz CT molecular complexity index is 1220. The van der Waals surface area contributed by atoms with Crippen LogP contribution in [0.15, 0.2) is 83.8 Å². The van der Waals surface area contributed by atoms with Crippen molar-refractivity contribution in [2.75, 3.05) is 0 Å². The van der Waals surface area contributed by atoms with Crippen molar-refractivity contribution in [1.29, 1.82) is 0 Å². The third-order valence-corrected chi connectivity index (χ3v) is 6.81. The first kappa shape index (κ1) is 24.6. The van der Waals surface area contributed by atoms with E-state index in [1.54, 1.807) is 18.2 Å². The molecule has 3 aromatic carbocycles. The standard InChI is InChI=1S/C22H18ClF3N2O4S/c23-15-10-12-16(13-11-15)33(30,31)21(17-8-4-5-9-18(17)32-22(24,25)26)28-19(20(27)29)14-6-2-1-3-7-14/h1-13,19,21,28H,(H2,27,29)/t19?,21-/m1/s1. The number of nitrogens with two attached hydrogens (primary N) is 1. The molecule has 0 heterocycles. The Labute approximate surface area is 193 Å². The fourth-order valence-corrected chi connectivity index (χ4v) is 4.92. The number of hydrogen-bond acceptors (Lipinski definition) is 5. The van der Waals surface area contributed by atoms with Crippen LogP contribution in [0.2, 0.25) is 5.02 Å². The van der Waals surface area contributed by atoms with E-state index in [0.717, 1.165) is 12.1 Å². The normalized spacial score (nSPS) is 13.8. The van der Waals surface area contributed by atoms with Crippen molar-refractivity contribution in [1.82, 2.24) is 5.32 Å². The van der Waals surface area contributed by atoms with E-state index in [1.807, 2.05) is 0 Å². The summed E-state index contributed by atoms with van der Waals surface area (Å²) in [6.45, 7) is 0. The Kier molecular flexibility index (Phi) is 7.31. The minimum atomic E-state index is -5.08. The molecule has 3 N–H and O–H groups in total. The number of carbonyl (C=O) groups is 1. The number of halogens is 4. The van der Waals surface area contributed by atoms with Gasteiger partial charge in [-0.15, -0.1) is 13.2 Å². The fourth-order valence-electron chi connectivity index (χ4n) is 3.16. The second-order valence-corrected chi connectivity index (χ2v) is 9.35. The number of primary amides is 1. The molecule has 33 heavy (non-hydrogen) atoms. The number of sulfone groups is 1. The van der Waals surface area contributed by atoms with E-state index in [4.69, 9.17) is 17.3 Å². The highest BCUT2D eigenvalue weighted by molar-refractivity contribution is 7.91. The molecule has 0 saturated carbocycles. The van der Waals surface area contributed by atoms with Crippen LogP contribution in [0.4, 0.5) is 13.2 Å². The summed E-state index contributed by atoms with van der Waals surface area (Å²) in [5, 5.41) is 1.06. The van der Waals surface area contributed by atoms with Gasteiger partial charge in [-0.3, -0.25) is 10.1 Å². The number of hydrogen-bond donors (Lipinski definition) is 2. The molecule has 0 spiro atoms. The lowest BCUT2D eigenvalue weighted by Crippen LogP contribution is -2.39. The van der Waals surface area contributed by atoms with Crippen LogP contribution >= 0.6 is 11.6 Å². The summed E-state index contributed by atoms with van der Waals surface area (Å²) in [5.41, 5.74) is 5.49. The third kappa shape index (κ3) is 6.04. The maximum atomic E-state index is 13.6. The van der Waals surface area contributed by atoms with E-state index >= 15 is 0 Å². The molecule has 0 saturated heterocycles. The third-order valence-electron chi connectivity index (χ3n) is 4.62. The molecular formula is C22H18ClF3N2O4S. The van der Waals surface area contributed by atoms with E-state index < -0.39 is 39.3 Å². The van der Waals surface area contributed by atoms with Gasteiger partial charge in [0.05, 0.1) is 4.90 Å². The molecule has 3 aromatic rings. The molecule has 0 aliphatic heterocycles. The van der Waals surface area contributed by atoms with Gasteiger partial charge in [0, 0.05) is 10.6 Å². The molecule has 0 aliphatic rings. The number of alkyl halides is 3. The molecule has 0 aliphatic carbocycles. The fraction of sp³-hybridized carbons (Fsp3) is 0.136. The van der Waals surface area contributed by atoms with Crippen molar-refractivity contribution in [2.45, 2.75) is 22.7 Å². The Morgan fingerprint density at radius 1 is 0.939 bits per heavy atom. The highest BCUT2D eigenvalue weighted by Crippen LogP contribution is 2.37. The number of para-hydroxylation sites is 1. The van der Waals surface area contributed by atoms with Crippen LogP contribution in [0.3, 0.4) is 0 Å². The van der Waals surface area contributed by atoms with Crippen molar-refractivity contribution in [3.8, 4) is 5.75 Å². The quantitative estimate of drug-likeness (QED) is 0.475. The Morgan fingerprint density at radius 2 is 1.52 bits per heavy atom. The highest BCUT2D eigenvalue weighted by Gasteiger charge is 2.38. The lowest BCUT2D eigenvalue weighted by atomic mass is 10.1. The average Bonchev–Trinajstić information content (AvgIpc) is 2.74. The van der Waals surface area contributed by atoms with E-state index in [0.29, 0.717) is 5.56 Å². The van der Waals surface area contributed by atoms with Crippen LogP contribution in [0.1, 0.15) is 22.5 Å². The molecule has 1 unspecified atom stereocenters. The van der Waals surface area contributed by atoms with Gasteiger partial charge in [0.15, 0.2) is 9.84 Å². The molecule has 11 heteroatoms. The van der Waals surface area contributed by atoms with Crippen molar-refractivity contribution < 1.29 is 31.1 Å². The molecule has 3 rings (SSSR count). The highest BCUT2D eigenvalue weighted by atomic mass is 35.5. The van der Waals surface area contributed by atoms with E-state index in [-0.39, 0.29) is 15.5 Å². The van der Waals surface area contributed by atoms with Gasteiger partial charge in [-0.25, -0.2) is 8.42 Å². The minimum Gasteiger partial charge on any atom is -0.405 e. The molecule has 6 nitrogen and oxygen atoms in total. The molecule has 0 radical (unpaired) electrons. The molecular weight excluding hydrogens is 481 g/mol. The first-order chi connectivity index (χ1) is 15.5. The zero-order chi connectivity index (χ0) is 24.2. The number of ether oxygens (including phenoxy) is 1. The van der Waals surface area contributed by atoms with Crippen molar-refractivity contribution in [2.24, 2.45) is 5.73 Å². The van der Waals surface area contributed by atoms with Gasteiger partial charge in [-0.1, -0.05) is 60.1 Å². The Balaban J connectivity index is 2.17. The summed E-state index contributed by atoms with van der Waals surface area (Å²) in [4.78, 5) is 12.0. The van der Waals surface area contributed by atoms with E-state index in [1.165, 1.54) is 48.5 Å². The largest absolute Gasteiger partial charge is 0.573 e. The summed E-state index contributed by atoms with van der Waals surface area (Å²) in [6.07, 6.45) is -5.08. The van der Waals surface area contributed by atoms with Crippen molar-refractivity contribution >= 4 is 27.3 Å². The smallest absolute Gasteiger partial charge is 0.405 e. The predicted octanol–water partition coefficient (Wildman–Crippen LogP) is 4.53. The molecule has 0 bridgehead atoms. The van der Waals surface area contributed by atoms with Gasteiger partial charge < -0.3 is 10.5 Å². The lowest BCUT2D eigenvalue weighted by Gasteiger charge is -2.26. The number of nitrogens with one attached hydrogen (secondary N) is 1. The first-order valence-electron chi connectivity index (χ1n) is 9.43. The minimum absolute atomic E-state index is 0.234. The zero-order valence-corrected chi connectivity index (χ0v) is 18.4. The maximum Gasteiger partial charge on any atom is 0.573 e. The molecule has 0 fully saturated rings. The second kappa shape index (κ2) is 9.82. The number of benzene rings is 3. The number of rotatable bonds is 8. The summed E-state index contributed by atoms with van der Waals surface area (Å²) in [7, 11) is -4.41. The molecule has 174 valence electrons.